The van der Waals surface area contributed by atoms with E-state index in [1.54, 1.807) is 24.4 Å². The van der Waals surface area contributed by atoms with Crippen LogP contribution in [0.25, 0.3) is 5.65 Å². The van der Waals surface area contributed by atoms with Gasteiger partial charge in [0.15, 0.2) is 0 Å². The first-order valence-corrected chi connectivity index (χ1v) is 8.38. The predicted molar refractivity (Wildman–Crippen MR) is 93.9 cm³/mol. The molecule has 1 aromatic carbocycles. The maximum atomic E-state index is 13.6. The minimum absolute atomic E-state index is 0.0560. The van der Waals surface area contributed by atoms with E-state index < -0.39 is 0 Å². The van der Waals surface area contributed by atoms with Crippen molar-refractivity contribution in [3.63, 3.8) is 0 Å². The molecule has 1 atom stereocenters. The van der Waals surface area contributed by atoms with E-state index in [2.05, 4.69) is 15.2 Å². The standard InChI is InChI=1S/C19H19FN4O/c20-15-5-3-4-14(10-15)17-12-21-7-9-23(17)13-16-11-19(25)24-8-2-1-6-18(24)22-16/h1-6,8,10-11,17,21H,7,9,12-13H2. The Morgan fingerprint density at radius 3 is 3.00 bits per heavy atom. The van der Waals surface area contributed by atoms with Gasteiger partial charge in [0.05, 0.1) is 5.69 Å². The summed E-state index contributed by atoms with van der Waals surface area (Å²) in [7, 11) is 0. The van der Waals surface area contributed by atoms with Crippen LogP contribution < -0.4 is 10.9 Å². The molecular formula is C19H19FN4O. The zero-order valence-corrected chi connectivity index (χ0v) is 13.7. The molecule has 0 radical (unpaired) electrons. The number of hydrogen-bond donors (Lipinski definition) is 1. The van der Waals surface area contributed by atoms with Gasteiger partial charge in [-0.2, -0.15) is 0 Å². The third-order valence-corrected chi connectivity index (χ3v) is 4.58. The smallest absolute Gasteiger partial charge is 0.258 e. The summed E-state index contributed by atoms with van der Waals surface area (Å²) >= 11 is 0. The second-order valence-corrected chi connectivity index (χ2v) is 6.26. The summed E-state index contributed by atoms with van der Waals surface area (Å²) in [6, 6.07) is 13.8. The summed E-state index contributed by atoms with van der Waals surface area (Å²) in [5.41, 5.74) is 2.23. The lowest BCUT2D eigenvalue weighted by atomic mass is 10.0. The molecule has 0 aliphatic carbocycles. The minimum Gasteiger partial charge on any atom is -0.314 e. The largest absolute Gasteiger partial charge is 0.314 e. The number of piperazine rings is 1. The van der Waals surface area contributed by atoms with Crippen molar-refractivity contribution in [3.8, 4) is 0 Å². The van der Waals surface area contributed by atoms with Gasteiger partial charge in [-0.1, -0.05) is 18.2 Å². The molecule has 1 aliphatic rings. The molecule has 128 valence electrons. The molecule has 1 N–H and O–H groups in total. The Hall–Kier alpha value is -2.57. The Kier molecular flexibility index (Phi) is 4.29. The Bertz CT molecular complexity index is 955. The van der Waals surface area contributed by atoms with Crippen LogP contribution in [-0.4, -0.2) is 33.9 Å². The first kappa shape index (κ1) is 15.9. The molecule has 3 heterocycles. The summed E-state index contributed by atoms with van der Waals surface area (Å²) in [6.45, 7) is 2.98. The van der Waals surface area contributed by atoms with Crippen LogP contribution in [0.4, 0.5) is 4.39 Å². The molecule has 6 heteroatoms. The molecule has 1 saturated heterocycles. The van der Waals surface area contributed by atoms with Gasteiger partial charge in [-0.3, -0.25) is 14.1 Å². The quantitative estimate of drug-likeness (QED) is 0.793. The lowest BCUT2D eigenvalue weighted by molar-refractivity contribution is 0.151. The second-order valence-electron chi connectivity index (χ2n) is 6.26. The lowest BCUT2D eigenvalue weighted by Crippen LogP contribution is -2.45. The molecule has 0 saturated carbocycles. The number of rotatable bonds is 3. The van der Waals surface area contributed by atoms with Crippen LogP contribution in [0.3, 0.4) is 0 Å². The summed E-state index contributed by atoms with van der Waals surface area (Å²) in [6.07, 6.45) is 1.72. The average molecular weight is 338 g/mol. The molecule has 2 aromatic heterocycles. The van der Waals surface area contributed by atoms with E-state index in [4.69, 9.17) is 0 Å². The van der Waals surface area contributed by atoms with Gasteiger partial charge in [0.1, 0.15) is 11.5 Å². The third kappa shape index (κ3) is 3.31. The molecule has 1 fully saturated rings. The summed E-state index contributed by atoms with van der Waals surface area (Å²) in [5.74, 6) is -0.231. The van der Waals surface area contributed by atoms with Crippen LogP contribution in [0.15, 0.2) is 59.5 Å². The fraction of sp³-hybridized carbons (Fsp3) is 0.263. The second kappa shape index (κ2) is 6.74. The van der Waals surface area contributed by atoms with Gasteiger partial charge < -0.3 is 5.32 Å². The van der Waals surface area contributed by atoms with E-state index in [0.29, 0.717) is 12.2 Å². The molecule has 25 heavy (non-hydrogen) atoms. The van der Waals surface area contributed by atoms with Crippen LogP contribution in [0.5, 0.6) is 0 Å². The van der Waals surface area contributed by atoms with Crippen molar-refractivity contribution in [2.75, 3.05) is 19.6 Å². The monoisotopic (exact) mass is 338 g/mol. The van der Waals surface area contributed by atoms with Crippen LogP contribution in [0, 0.1) is 5.82 Å². The van der Waals surface area contributed by atoms with Gasteiger partial charge in [0.25, 0.3) is 5.56 Å². The van der Waals surface area contributed by atoms with Crippen molar-refractivity contribution in [2.45, 2.75) is 12.6 Å². The number of benzene rings is 1. The summed E-state index contributed by atoms with van der Waals surface area (Å²) < 4.78 is 15.1. The number of pyridine rings is 1. The zero-order valence-electron chi connectivity index (χ0n) is 13.7. The van der Waals surface area contributed by atoms with Crippen LogP contribution in [-0.2, 0) is 6.54 Å². The predicted octanol–water partition coefficient (Wildman–Crippen LogP) is 1.98. The highest BCUT2D eigenvalue weighted by molar-refractivity contribution is 5.38. The molecule has 0 spiro atoms. The molecule has 0 amide bonds. The van der Waals surface area contributed by atoms with Gasteiger partial charge in [-0.15, -0.1) is 0 Å². The minimum atomic E-state index is -0.231. The number of hydrogen-bond acceptors (Lipinski definition) is 4. The van der Waals surface area contributed by atoms with E-state index in [1.165, 1.54) is 10.5 Å². The molecule has 1 unspecified atom stereocenters. The van der Waals surface area contributed by atoms with Crippen LogP contribution >= 0.6 is 0 Å². The lowest BCUT2D eigenvalue weighted by Gasteiger charge is -2.36. The number of nitrogens with zero attached hydrogens (tertiary/aromatic N) is 3. The van der Waals surface area contributed by atoms with Crippen molar-refractivity contribution in [1.82, 2.24) is 19.6 Å². The third-order valence-electron chi connectivity index (χ3n) is 4.58. The topological polar surface area (TPSA) is 49.6 Å². The van der Waals surface area contributed by atoms with Crippen molar-refractivity contribution in [2.24, 2.45) is 0 Å². The number of fused-ring (bicyclic) bond motifs is 1. The van der Waals surface area contributed by atoms with Crippen molar-refractivity contribution in [3.05, 3.63) is 82.2 Å². The number of aromatic nitrogens is 2. The SMILES string of the molecule is O=c1cc(CN2CCNCC2c2cccc(F)c2)nc2ccccn12. The normalized spacial score (nSPS) is 18.5. The number of halogens is 1. The fourth-order valence-corrected chi connectivity index (χ4v) is 3.37. The Labute approximate surface area is 144 Å². The van der Waals surface area contributed by atoms with Gasteiger partial charge in [0, 0.05) is 44.5 Å². The van der Waals surface area contributed by atoms with E-state index in [-0.39, 0.29) is 17.4 Å². The Balaban J connectivity index is 1.65. The molecule has 3 aromatic rings. The zero-order chi connectivity index (χ0) is 17.2. The molecular weight excluding hydrogens is 319 g/mol. The Morgan fingerprint density at radius 1 is 1.20 bits per heavy atom. The van der Waals surface area contributed by atoms with Gasteiger partial charge in [-0.05, 0) is 29.8 Å². The van der Waals surface area contributed by atoms with Gasteiger partial charge >= 0.3 is 0 Å². The summed E-state index contributed by atoms with van der Waals surface area (Å²) in [5, 5.41) is 3.36. The first-order valence-electron chi connectivity index (χ1n) is 8.38. The first-order chi connectivity index (χ1) is 12.2. The molecule has 1 aliphatic heterocycles. The highest BCUT2D eigenvalue weighted by atomic mass is 19.1. The van der Waals surface area contributed by atoms with Crippen molar-refractivity contribution in [1.29, 1.82) is 0 Å². The van der Waals surface area contributed by atoms with Gasteiger partial charge in [0.2, 0.25) is 0 Å². The highest BCUT2D eigenvalue weighted by Crippen LogP contribution is 2.24. The number of nitrogens with one attached hydrogen (secondary N) is 1. The van der Waals surface area contributed by atoms with E-state index in [9.17, 15) is 9.18 Å². The maximum Gasteiger partial charge on any atom is 0.258 e. The van der Waals surface area contributed by atoms with Crippen LogP contribution in [0.2, 0.25) is 0 Å². The molecule has 0 bridgehead atoms. The fourth-order valence-electron chi connectivity index (χ4n) is 3.37. The highest BCUT2D eigenvalue weighted by Gasteiger charge is 2.24. The summed E-state index contributed by atoms with van der Waals surface area (Å²) in [4.78, 5) is 19.1. The average Bonchev–Trinajstić information content (AvgIpc) is 2.62. The van der Waals surface area contributed by atoms with E-state index >= 15 is 0 Å². The van der Waals surface area contributed by atoms with E-state index in [0.717, 1.165) is 30.9 Å². The molecule has 4 rings (SSSR count). The van der Waals surface area contributed by atoms with E-state index in [1.807, 2.05) is 24.3 Å². The van der Waals surface area contributed by atoms with Gasteiger partial charge in [-0.25, -0.2) is 9.37 Å². The van der Waals surface area contributed by atoms with Crippen molar-refractivity contribution < 1.29 is 4.39 Å². The molecule has 5 nitrogen and oxygen atoms in total. The Morgan fingerprint density at radius 2 is 2.12 bits per heavy atom. The van der Waals surface area contributed by atoms with Crippen molar-refractivity contribution >= 4 is 5.65 Å². The van der Waals surface area contributed by atoms with Crippen LogP contribution in [0.1, 0.15) is 17.3 Å². The maximum absolute atomic E-state index is 13.6.